The Labute approximate surface area is 145 Å². The summed E-state index contributed by atoms with van der Waals surface area (Å²) in [6, 6.07) is 0. The van der Waals surface area contributed by atoms with Crippen molar-refractivity contribution in [1.29, 1.82) is 0 Å². The van der Waals surface area contributed by atoms with E-state index in [0.717, 1.165) is 36.1 Å². The average molecular weight is 326 g/mol. The maximum absolute atomic E-state index is 11.9. The van der Waals surface area contributed by atoms with Gasteiger partial charge in [0.2, 0.25) is 5.91 Å². The van der Waals surface area contributed by atoms with Crippen LogP contribution in [0.5, 0.6) is 0 Å². The quantitative estimate of drug-likeness (QED) is 0.271. The van der Waals surface area contributed by atoms with Gasteiger partial charge >= 0.3 is 0 Å². The Morgan fingerprint density at radius 2 is 1.39 bits per heavy atom. The highest BCUT2D eigenvalue weighted by atomic mass is 16.1. The number of unbranched alkanes of at least 4 members (excludes halogenated alkanes) is 8. The van der Waals surface area contributed by atoms with Gasteiger partial charge in [-0.2, -0.15) is 0 Å². The Kier molecular flexibility index (Phi) is 13.1. The zero-order chi connectivity index (χ0) is 17.6. The molecule has 0 fully saturated rings. The highest BCUT2D eigenvalue weighted by Crippen LogP contribution is 2.14. The summed E-state index contributed by atoms with van der Waals surface area (Å²) in [5.41, 5.74) is 1.14. The van der Waals surface area contributed by atoms with Crippen LogP contribution < -0.4 is 5.32 Å². The van der Waals surface area contributed by atoms with Crippen molar-refractivity contribution in [3.63, 3.8) is 0 Å². The Balaban J connectivity index is 3.94. The second-order valence-electron chi connectivity index (χ2n) is 7.31. The first-order chi connectivity index (χ1) is 10.9. The standard InChI is InChI=1S/C20H40N2O/c1-6-8-10-11-12-13-14-15-17-22(4,5)19(3)18-20(23)21-16-9-7-2/h18H,6-17H2,1-5H3/p+1/b19-18+. The number of nitrogens with zero attached hydrogens (tertiary/aromatic N) is 1. The molecular weight excluding hydrogens is 284 g/mol. The molecule has 0 saturated carbocycles. The third kappa shape index (κ3) is 12.3. The lowest BCUT2D eigenvalue weighted by atomic mass is 10.1. The summed E-state index contributed by atoms with van der Waals surface area (Å²) >= 11 is 0. The summed E-state index contributed by atoms with van der Waals surface area (Å²) < 4.78 is 0.817. The van der Waals surface area contributed by atoms with E-state index in [0.29, 0.717) is 0 Å². The molecule has 0 spiro atoms. The van der Waals surface area contributed by atoms with E-state index in [1.54, 1.807) is 6.08 Å². The zero-order valence-corrected chi connectivity index (χ0v) is 16.4. The number of hydrogen-bond acceptors (Lipinski definition) is 1. The first kappa shape index (κ1) is 22.2. The lowest BCUT2D eigenvalue weighted by Crippen LogP contribution is -2.39. The first-order valence-electron chi connectivity index (χ1n) is 9.73. The van der Waals surface area contributed by atoms with Crippen LogP contribution in [0, 0.1) is 0 Å². The van der Waals surface area contributed by atoms with Gasteiger partial charge in [0.1, 0.15) is 5.70 Å². The summed E-state index contributed by atoms with van der Waals surface area (Å²) in [6.07, 6.45) is 14.7. The number of carbonyl (C=O) groups excluding carboxylic acids is 1. The molecule has 0 rings (SSSR count). The number of hydrogen-bond donors (Lipinski definition) is 1. The van der Waals surface area contributed by atoms with Crippen molar-refractivity contribution in [2.45, 2.75) is 85.0 Å². The number of amides is 1. The predicted molar refractivity (Wildman–Crippen MR) is 101 cm³/mol. The second-order valence-corrected chi connectivity index (χ2v) is 7.31. The van der Waals surface area contributed by atoms with Gasteiger partial charge in [-0.05, 0) is 19.3 Å². The van der Waals surface area contributed by atoms with Crippen LogP contribution >= 0.6 is 0 Å². The minimum Gasteiger partial charge on any atom is -0.352 e. The monoisotopic (exact) mass is 325 g/mol. The van der Waals surface area contributed by atoms with Crippen LogP contribution in [0.2, 0.25) is 0 Å². The molecule has 0 aliphatic heterocycles. The molecule has 0 atom stereocenters. The SMILES string of the molecule is CCCCCCCCCC[N+](C)(C)/C(C)=C/C(=O)NCCCC. The summed E-state index contributed by atoms with van der Waals surface area (Å²) in [5, 5.41) is 2.96. The second kappa shape index (κ2) is 13.6. The Morgan fingerprint density at radius 3 is 1.96 bits per heavy atom. The van der Waals surface area contributed by atoms with E-state index in [1.807, 2.05) is 0 Å². The number of carbonyl (C=O) groups is 1. The van der Waals surface area contributed by atoms with Gasteiger partial charge in [-0.15, -0.1) is 0 Å². The molecule has 23 heavy (non-hydrogen) atoms. The summed E-state index contributed by atoms with van der Waals surface area (Å²) in [5.74, 6) is 0.0538. The van der Waals surface area contributed by atoms with Crippen molar-refractivity contribution < 1.29 is 9.28 Å². The van der Waals surface area contributed by atoms with Crippen molar-refractivity contribution in [1.82, 2.24) is 5.32 Å². The van der Waals surface area contributed by atoms with E-state index in [9.17, 15) is 4.79 Å². The summed E-state index contributed by atoms with van der Waals surface area (Å²) in [4.78, 5) is 11.9. The normalized spacial score (nSPS) is 12.5. The highest BCUT2D eigenvalue weighted by molar-refractivity contribution is 5.87. The molecule has 0 aliphatic rings. The molecule has 0 aliphatic carbocycles. The van der Waals surface area contributed by atoms with Crippen LogP contribution in [0.4, 0.5) is 0 Å². The van der Waals surface area contributed by atoms with Crippen molar-refractivity contribution in [2.75, 3.05) is 27.2 Å². The molecule has 136 valence electrons. The molecule has 3 heteroatoms. The number of nitrogens with one attached hydrogen (secondary N) is 1. The van der Waals surface area contributed by atoms with Crippen LogP contribution in [0.15, 0.2) is 11.8 Å². The summed E-state index contributed by atoms with van der Waals surface area (Å²) in [6.45, 7) is 8.37. The Morgan fingerprint density at radius 1 is 0.870 bits per heavy atom. The molecule has 0 unspecified atom stereocenters. The zero-order valence-electron chi connectivity index (χ0n) is 16.4. The van der Waals surface area contributed by atoms with Gasteiger partial charge in [-0.1, -0.05) is 58.8 Å². The van der Waals surface area contributed by atoms with Crippen LogP contribution in [0.3, 0.4) is 0 Å². The number of quaternary nitrogens is 1. The van der Waals surface area contributed by atoms with Crippen LogP contribution in [-0.2, 0) is 4.79 Å². The van der Waals surface area contributed by atoms with Gasteiger partial charge in [-0.25, -0.2) is 0 Å². The third-order valence-corrected chi connectivity index (χ3v) is 4.70. The largest absolute Gasteiger partial charge is 0.352 e. The maximum Gasteiger partial charge on any atom is 0.249 e. The molecule has 0 aromatic carbocycles. The lowest BCUT2D eigenvalue weighted by Gasteiger charge is -2.30. The van der Waals surface area contributed by atoms with Gasteiger partial charge in [0.15, 0.2) is 0 Å². The van der Waals surface area contributed by atoms with Crippen molar-refractivity contribution in [2.24, 2.45) is 0 Å². The average Bonchev–Trinajstić information content (AvgIpc) is 2.50. The first-order valence-corrected chi connectivity index (χ1v) is 9.73. The molecule has 0 radical (unpaired) electrons. The molecule has 3 nitrogen and oxygen atoms in total. The fourth-order valence-electron chi connectivity index (χ4n) is 2.62. The van der Waals surface area contributed by atoms with Gasteiger partial charge < -0.3 is 5.32 Å². The fourth-order valence-corrected chi connectivity index (χ4v) is 2.62. The van der Waals surface area contributed by atoms with Crippen LogP contribution in [0.25, 0.3) is 0 Å². The number of allylic oxidation sites excluding steroid dienone is 1. The lowest BCUT2D eigenvalue weighted by molar-refractivity contribution is -0.852. The van der Waals surface area contributed by atoms with E-state index in [1.165, 1.54) is 51.4 Å². The molecular formula is C20H41N2O+. The van der Waals surface area contributed by atoms with Crippen LogP contribution in [0.1, 0.15) is 85.0 Å². The summed E-state index contributed by atoms with van der Waals surface area (Å²) in [7, 11) is 4.40. The molecule has 1 amide bonds. The van der Waals surface area contributed by atoms with E-state index in [-0.39, 0.29) is 5.91 Å². The van der Waals surface area contributed by atoms with Crippen LogP contribution in [-0.4, -0.2) is 37.6 Å². The highest BCUT2D eigenvalue weighted by Gasteiger charge is 2.18. The minimum absolute atomic E-state index is 0.0538. The van der Waals surface area contributed by atoms with E-state index < -0.39 is 0 Å². The Hall–Kier alpha value is -0.830. The molecule has 0 saturated heterocycles. The van der Waals surface area contributed by atoms with E-state index >= 15 is 0 Å². The van der Waals surface area contributed by atoms with Gasteiger partial charge in [0.05, 0.1) is 26.7 Å². The van der Waals surface area contributed by atoms with E-state index in [2.05, 4.69) is 40.2 Å². The fraction of sp³-hybridized carbons (Fsp3) is 0.850. The van der Waals surface area contributed by atoms with Gasteiger partial charge in [-0.3, -0.25) is 9.28 Å². The minimum atomic E-state index is 0.0538. The molecule has 0 aromatic rings. The Bertz CT molecular complexity index is 335. The van der Waals surface area contributed by atoms with Crippen molar-refractivity contribution in [3.8, 4) is 0 Å². The maximum atomic E-state index is 11.9. The predicted octanol–water partition coefficient (Wildman–Crippen LogP) is 5.02. The van der Waals surface area contributed by atoms with Crippen molar-refractivity contribution in [3.05, 3.63) is 11.8 Å². The number of rotatable bonds is 14. The molecule has 0 heterocycles. The van der Waals surface area contributed by atoms with Crippen molar-refractivity contribution >= 4 is 5.91 Å². The van der Waals surface area contributed by atoms with E-state index in [4.69, 9.17) is 0 Å². The van der Waals surface area contributed by atoms with Gasteiger partial charge in [0.25, 0.3) is 0 Å². The van der Waals surface area contributed by atoms with Gasteiger partial charge in [0, 0.05) is 13.5 Å². The smallest absolute Gasteiger partial charge is 0.249 e. The molecule has 0 bridgehead atoms. The topological polar surface area (TPSA) is 29.1 Å². The molecule has 0 aromatic heterocycles. The molecule has 1 N–H and O–H groups in total. The third-order valence-electron chi connectivity index (χ3n) is 4.70.